The van der Waals surface area contributed by atoms with Crippen molar-refractivity contribution >= 4 is 5.91 Å². The SMILES string of the molecule is CC1CC2N(C)C(=O)c3c(O)c(=O)ccn3N2C(C)(c2ccccc2)C1. The predicted molar refractivity (Wildman–Crippen MR) is 98.7 cm³/mol. The highest BCUT2D eigenvalue weighted by atomic mass is 16.3. The highest BCUT2D eigenvalue weighted by Gasteiger charge is 2.50. The first kappa shape index (κ1) is 16.7. The van der Waals surface area contributed by atoms with Crippen LogP contribution in [0.25, 0.3) is 0 Å². The Bertz CT molecular complexity index is 924. The summed E-state index contributed by atoms with van der Waals surface area (Å²) >= 11 is 0. The summed E-state index contributed by atoms with van der Waals surface area (Å²) in [5.41, 5.74) is 0.258. The van der Waals surface area contributed by atoms with Gasteiger partial charge in [0.05, 0.1) is 5.54 Å². The van der Waals surface area contributed by atoms with Crippen LogP contribution in [0.5, 0.6) is 5.75 Å². The maximum Gasteiger partial charge on any atom is 0.277 e. The third-order valence-electron chi connectivity index (χ3n) is 5.80. The summed E-state index contributed by atoms with van der Waals surface area (Å²) < 4.78 is 1.68. The Morgan fingerprint density at radius 2 is 1.85 bits per heavy atom. The maximum absolute atomic E-state index is 12.9. The number of carbonyl (C=O) groups excluding carboxylic acids is 1. The van der Waals surface area contributed by atoms with Crippen molar-refractivity contribution in [2.24, 2.45) is 5.92 Å². The van der Waals surface area contributed by atoms with Crippen molar-refractivity contribution in [1.82, 2.24) is 9.58 Å². The maximum atomic E-state index is 12.9. The molecule has 2 aliphatic heterocycles. The summed E-state index contributed by atoms with van der Waals surface area (Å²) in [5, 5.41) is 12.4. The Morgan fingerprint density at radius 1 is 1.15 bits per heavy atom. The molecule has 6 heteroatoms. The molecule has 136 valence electrons. The number of piperidine rings is 1. The van der Waals surface area contributed by atoms with Gasteiger partial charge in [0, 0.05) is 19.3 Å². The van der Waals surface area contributed by atoms with E-state index in [2.05, 4.69) is 31.0 Å². The van der Waals surface area contributed by atoms with Crippen molar-refractivity contribution in [1.29, 1.82) is 0 Å². The standard InChI is InChI=1S/C20H23N3O3/c1-13-11-16-21(3)19(26)17-18(25)15(24)9-10-22(17)23(16)20(2,12-13)14-7-5-4-6-8-14/h4-10,13,16,25H,11-12H2,1-3H3. The number of carbonyl (C=O) groups is 1. The van der Waals surface area contributed by atoms with E-state index in [0.717, 1.165) is 18.4 Å². The van der Waals surface area contributed by atoms with E-state index in [1.54, 1.807) is 22.8 Å². The highest BCUT2D eigenvalue weighted by molar-refractivity contribution is 5.96. The third kappa shape index (κ3) is 2.18. The second-order valence-corrected chi connectivity index (χ2v) is 7.65. The fourth-order valence-electron chi connectivity index (χ4n) is 4.59. The van der Waals surface area contributed by atoms with Gasteiger partial charge in [-0.05, 0) is 31.2 Å². The molecule has 0 saturated carbocycles. The van der Waals surface area contributed by atoms with Gasteiger partial charge in [-0.25, -0.2) is 0 Å². The summed E-state index contributed by atoms with van der Waals surface area (Å²) in [6, 6.07) is 11.5. The summed E-state index contributed by atoms with van der Waals surface area (Å²) in [6.45, 7) is 4.36. The number of benzene rings is 1. The van der Waals surface area contributed by atoms with Crippen molar-refractivity contribution < 1.29 is 9.90 Å². The molecular formula is C20H23N3O3. The molecule has 6 nitrogen and oxygen atoms in total. The normalized spacial score (nSPS) is 27.9. The van der Waals surface area contributed by atoms with Crippen molar-refractivity contribution in [2.45, 2.75) is 38.4 Å². The average Bonchev–Trinajstić information content (AvgIpc) is 2.62. The first-order chi connectivity index (χ1) is 12.3. The fourth-order valence-corrected chi connectivity index (χ4v) is 4.59. The van der Waals surface area contributed by atoms with E-state index >= 15 is 0 Å². The van der Waals surface area contributed by atoms with Crippen LogP contribution in [0.4, 0.5) is 0 Å². The lowest BCUT2D eigenvalue weighted by Crippen LogP contribution is -2.69. The van der Waals surface area contributed by atoms with Crippen molar-refractivity contribution in [3.8, 4) is 5.75 Å². The minimum absolute atomic E-state index is 0.0351. The lowest BCUT2D eigenvalue weighted by molar-refractivity contribution is 0.0387. The number of hydrogen-bond acceptors (Lipinski definition) is 4. The molecule has 0 bridgehead atoms. The van der Waals surface area contributed by atoms with Gasteiger partial charge in [-0.3, -0.25) is 19.3 Å². The summed E-state index contributed by atoms with van der Waals surface area (Å²) in [4.78, 5) is 26.5. The lowest BCUT2D eigenvalue weighted by Gasteiger charge is -2.58. The minimum Gasteiger partial charge on any atom is -0.502 e. The molecule has 2 aliphatic rings. The minimum atomic E-state index is -0.539. The zero-order valence-electron chi connectivity index (χ0n) is 15.2. The topological polar surface area (TPSA) is 65.8 Å². The molecule has 4 rings (SSSR count). The molecule has 1 aromatic carbocycles. The number of fused-ring (bicyclic) bond motifs is 3. The Hall–Kier alpha value is -2.76. The van der Waals surface area contributed by atoms with Gasteiger partial charge in [0.1, 0.15) is 6.17 Å². The van der Waals surface area contributed by atoms with Crippen LogP contribution < -0.4 is 10.4 Å². The van der Waals surface area contributed by atoms with E-state index in [1.807, 2.05) is 18.2 Å². The Kier molecular flexibility index (Phi) is 3.61. The molecule has 2 aromatic rings. The van der Waals surface area contributed by atoms with Crippen LogP contribution in [0.3, 0.4) is 0 Å². The van der Waals surface area contributed by atoms with E-state index in [-0.39, 0.29) is 23.3 Å². The molecular weight excluding hydrogens is 330 g/mol. The van der Waals surface area contributed by atoms with Crippen LogP contribution in [-0.2, 0) is 5.54 Å². The Labute approximate surface area is 152 Å². The molecule has 1 saturated heterocycles. The number of hydrogen-bond donors (Lipinski definition) is 1. The zero-order chi connectivity index (χ0) is 18.6. The molecule has 26 heavy (non-hydrogen) atoms. The lowest BCUT2D eigenvalue weighted by atomic mass is 9.77. The number of nitrogens with zero attached hydrogens (tertiary/aromatic N) is 3. The molecule has 3 atom stereocenters. The monoisotopic (exact) mass is 353 g/mol. The van der Waals surface area contributed by atoms with Crippen molar-refractivity contribution in [3.05, 3.63) is 64.1 Å². The van der Waals surface area contributed by atoms with Gasteiger partial charge in [-0.15, -0.1) is 0 Å². The van der Waals surface area contributed by atoms with E-state index < -0.39 is 11.2 Å². The Balaban J connectivity index is 1.99. The van der Waals surface area contributed by atoms with Gasteiger partial charge in [0.25, 0.3) is 5.91 Å². The quantitative estimate of drug-likeness (QED) is 0.854. The summed E-state index contributed by atoms with van der Waals surface area (Å²) in [5.74, 6) is -0.394. The van der Waals surface area contributed by atoms with E-state index in [1.165, 1.54) is 6.07 Å². The predicted octanol–water partition coefficient (Wildman–Crippen LogP) is 2.25. The number of pyridine rings is 1. The highest BCUT2D eigenvalue weighted by Crippen LogP contribution is 2.44. The van der Waals surface area contributed by atoms with Gasteiger partial charge < -0.3 is 10.0 Å². The fraction of sp³-hybridized carbons (Fsp3) is 0.400. The Morgan fingerprint density at radius 3 is 2.54 bits per heavy atom. The summed E-state index contributed by atoms with van der Waals surface area (Å²) in [6.07, 6.45) is 3.19. The van der Waals surface area contributed by atoms with Crippen LogP contribution in [0.15, 0.2) is 47.4 Å². The molecule has 0 spiro atoms. The smallest absolute Gasteiger partial charge is 0.277 e. The van der Waals surface area contributed by atoms with Gasteiger partial charge in [-0.1, -0.05) is 37.3 Å². The van der Waals surface area contributed by atoms with E-state index in [0.29, 0.717) is 5.92 Å². The van der Waals surface area contributed by atoms with Crippen LogP contribution in [0.2, 0.25) is 0 Å². The van der Waals surface area contributed by atoms with Gasteiger partial charge in [0.15, 0.2) is 11.4 Å². The van der Waals surface area contributed by atoms with Crippen LogP contribution in [0.1, 0.15) is 42.7 Å². The number of aromatic nitrogens is 1. The van der Waals surface area contributed by atoms with Crippen LogP contribution in [-0.4, -0.2) is 33.8 Å². The first-order valence-electron chi connectivity index (χ1n) is 8.91. The number of aromatic hydroxyl groups is 1. The van der Waals surface area contributed by atoms with Crippen LogP contribution >= 0.6 is 0 Å². The number of amides is 1. The average molecular weight is 353 g/mol. The molecule has 3 unspecified atom stereocenters. The zero-order valence-corrected chi connectivity index (χ0v) is 15.2. The molecule has 1 fully saturated rings. The third-order valence-corrected chi connectivity index (χ3v) is 5.80. The van der Waals surface area contributed by atoms with E-state index in [4.69, 9.17) is 0 Å². The summed E-state index contributed by atoms with van der Waals surface area (Å²) in [7, 11) is 1.74. The molecule has 1 N–H and O–H groups in total. The molecule has 0 aliphatic carbocycles. The largest absolute Gasteiger partial charge is 0.502 e. The van der Waals surface area contributed by atoms with Crippen LogP contribution in [0, 0.1) is 5.92 Å². The number of rotatable bonds is 1. The second kappa shape index (κ2) is 5.62. The first-order valence-corrected chi connectivity index (χ1v) is 8.91. The van der Waals surface area contributed by atoms with Crippen molar-refractivity contribution in [3.63, 3.8) is 0 Å². The van der Waals surface area contributed by atoms with Crippen molar-refractivity contribution in [2.75, 3.05) is 12.1 Å². The molecule has 0 radical (unpaired) electrons. The molecule has 3 heterocycles. The van der Waals surface area contributed by atoms with Gasteiger partial charge >= 0.3 is 0 Å². The van der Waals surface area contributed by atoms with Gasteiger partial charge in [0.2, 0.25) is 5.43 Å². The molecule has 1 amide bonds. The molecule has 1 aromatic heterocycles. The second-order valence-electron chi connectivity index (χ2n) is 7.65. The van der Waals surface area contributed by atoms with Gasteiger partial charge in [-0.2, -0.15) is 0 Å². The van der Waals surface area contributed by atoms with E-state index in [9.17, 15) is 14.7 Å².